The maximum absolute atomic E-state index is 12.7. The molecule has 26 heavy (non-hydrogen) atoms. The van der Waals surface area contributed by atoms with Crippen molar-refractivity contribution in [3.8, 4) is 11.3 Å². The van der Waals surface area contributed by atoms with E-state index in [-0.39, 0.29) is 11.9 Å². The molecular formula is C19H19N5O2. The molecule has 1 aliphatic heterocycles. The Balaban J connectivity index is 1.28. The first-order valence-electron chi connectivity index (χ1n) is 9.01. The van der Waals surface area contributed by atoms with Crippen LogP contribution in [0.1, 0.15) is 47.5 Å². The summed E-state index contributed by atoms with van der Waals surface area (Å²) in [5, 5.41) is 12.5. The minimum atomic E-state index is -0.0634. The molecule has 7 nitrogen and oxygen atoms in total. The zero-order valence-corrected chi connectivity index (χ0v) is 14.3. The normalized spacial score (nSPS) is 19.8. The lowest BCUT2D eigenvalue weighted by molar-refractivity contribution is 0.0776. The van der Waals surface area contributed by atoms with Gasteiger partial charge in [-0.15, -0.1) is 5.10 Å². The van der Waals surface area contributed by atoms with Crippen LogP contribution in [0.4, 0.5) is 0 Å². The predicted octanol–water partition coefficient (Wildman–Crippen LogP) is 2.90. The number of rotatable bonds is 4. The van der Waals surface area contributed by atoms with Crippen molar-refractivity contribution < 1.29 is 9.32 Å². The van der Waals surface area contributed by atoms with E-state index >= 15 is 0 Å². The lowest BCUT2D eigenvalue weighted by atomic mass is 10.2. The van der Waals surface area contributed by atoms with Gasteiger partial charge < -0.3 is 9.42 Å². The highest BCUT2D eigenvalue weighted by molar-refractivity contribution is 5.92. The Hall–Kier alpha value is -2.96. The minimum Gasteiger partial charge on any atom is -0.360 e. The second kappa shape index (κ2) is 6.09. The third-order valence-electron chi connectivity index (χ3n) is 5.13. The Morgan fingerprint density at radius 3 is 2.81 bits per heavy atom. The standard InChI is InChI=1S/C19H19N5O2/c25-19(16-10-18(26-21-16)14-6-7-14)23-9-8-15(11-23)24-12-17(20-22-24)13-4-2-1-3-5-13/h1-5,10,12,14-15H,6-9,11H2. The van der Waals surface area contributed by atoms with Crippen molar-refractivity contribution in [2.75, 3.05) is 13.1 Å². The summed E-state index contributed by atoms with van der Waals surface area (Å²) in [6.45, 7) is 1.30. The van der Waals surface area contributed by atoms with E-state index in [9.17, 15) is 4.79 Å². The Kier molecular flexibility index (Phi) is 3.58. The molecule has 7 heteroatoms. The summed E-state index contributed by atoms with van der Waals surface area (Å²) in [7, 11) is 0. The Morgan fingerprint density at radius 1 is 1.15 bits per heavy atom. The van der Waals surface area contributed by atoms with E-state index in [1.165, 1.54) is 0 Å². The second-order valence-corrected chi connectivity index (χ2v) is 7.03. The van der Waals surface area contributed by atoms with Crippen LogP contribution in [-0.4, -0.2) is 44.0 Å². The molecule has 1 unspecified atom stereocenters. The van der Waals surface area contributed by atoms with E-state index in [4.69, 9.17) is 4.52 Å². The molecule has 1 amide bonds. The number of aromatic nitrogens is 4. The van der Waals surface area contributed by atoms with Crippen molar-refractivity contribution in [1.29, 1.82) is 0 Å². The summed E-state index contributed by atoms with van der Waals surface area (Å²) in [5.41, 5.74) is 2.30. The third kappa shape index (κ3) is 2.79. The lowest BCUT2D eigenvalue weighted by Crippen LogP contribution is -2.29. The van der Waals surface area contributed by atoms with E-state index in [0.29, 0.717) is 24.7 Å². The molecule has 3 aromatic rings. The molecule has 3 heterocycles. The van der Waals surface area contributed by atoms with Gasteiger partial charge in [-0.3, -0.25) is 4.79 Å². The van der Waals surface area contributed by atoms with Gasteiger partial charge in [0.1, 0.15) is 11.5 Å². The maximum Gasteiger partial charge on any atom is 0.276 e. The summed E-state index contributed by atoms with van der Waals surface area (Å²) in [5.74, 6) is 1.24. The summed E-state index contributed by atoms with van der Waals surface area (Å²) in [4.78, 5) is 14.5. The van der Waals surface area contributed by atoms with Crippen LogP contribution in [0.15, 0.2) is 47.1 Å². The van der Waals surface area contributed by atoms with Gasteiger partial charge in [-0.25, -0.2) is 4.68 Å². The molecule has 132 valence electrons. The molecule has 0 spiro atoms. The first-order chi connectivity index (χ1) is 12.8. The fraction of sp³-hybridized carbons (Fsp3) is 0.368. The predicted molar refractivity (Wildman–Crippen MR) is 93.5 cm³/mol. The highest BCUT2D eigenvalue weighted by atomic mass is 16.5. The minimum absolute atomic E-state index is 0.0634. The average Bonchev–Trinajstić information content (AvgIpc) is 3.12. The number of likely N-dealkylation sites (tertiary alicyclic amines) is 1. The SMILES string of the molecule is O=C(c1cc(C2CC2)on1)N1CCC(n2cc(-c3ccccc3)nn2)C1. The number of hydrogen-bond acceptors (Lipinski definition) is 5. The number of benzene rings is 1. The van der Waals surface area contributed by atoms with Crippen molar-refractivity contribution in [3.05, 3.63) is 54.0 Å². The van der Waals surface area contributed by atoms with Crippen LogP contribution in [0.2, 0.25) is 0 Å². The monoisotopic (exact) mass is 349 g/mol. The van der Waals surface area contributed by atoms with Gasteiger partial charge in [0.25, 0.3) is 5.91 Å². The molecule has 2 aromatic heterocycles. The highest BCUT2D eigenvalue weighted by Gasteiger charge is 2.33. The molecule has 0 radical (unpaired) electrons. The quantitative estimate of drug-likeness (QED) is 0.724. The molecule has 1 aromatic carbocycles. The number of nitrogens with zero attached hydrogens (tertiary/aromatic N) is 5. The van der Waals surface area contributed by atoms with Gasteiger partial charge in [0.2, 0.25) is 0 Å². The Labute approximate surface area is 150 Å². The van der Waals surface area contributed by atoms with Crippen molar-refractivity contribution in [2.45, 2.75) is 31.2 Å². The summed E-state index contributed by atoms with van der Waals surface area (Å²) in [6.07, 6.45) is 5.07. The topological polar surface area (TPSA) is 77.0 Å². The smallest absolute Gasteiger partial charge is 0.276 e. The van der Waals surface area contributed by atoms with Crippen LogP contribution < -0.4 is 0 Å². The van der Waals surface area contributed by atoms with Gasteiger partial charge in [0.15, 0.2) is 5.69 Å². The molecule has 0 bridgehead atoms. The highest BCUT2D eigenvalue weighted by Crippen LogP contribution is 2.40. The van der Waals surface area contributed by atoms with Gasteiger partial charge >= 0.3 is 0 Å². The Morgan fingerprint density at radius 2 is 2.00 bits per heavy atom. The fourth-order valence-electron chi connectivity index (χ4n) is 3.45. The van der Waals surface area contributed by atoms with Crippen molar-refractivity contribution in [3.63, 3.8) is 0 Å². The van der Waals surface area contributed by atoms with Crippen LogP contribution in [0, 0.1) is 0 Å². The van der Waals surface area contributed by atoms with Crippen molar-refractivity contribution in [2.24, 2.45) is 0 Å². The van der Waals surface area contributed by atoms with Crippen LogP contribution in [0.5, 0.6) is 0 Å². The van der Waals surface area contributed by atoms with E-state index < -0.39 is 0 Å². The Bertz CT molecular complexity index is 928. The third-order valence-corrected chi connectivity index (χ3v) is 5.13. The van der Waals surface area contributed by atoms with Crippen LogP contribution in [-0.2, 0) is 0 Å². The molecule has 2 aliphatic rings. The van der Waals surface area contributed by atoms with Gasteiger partial charge in [0, 0.05) is 30.6 Å². The van der Waals surface area contributed by atoms with Crippen molar-refractivity contribution in [1.82, 2.24) is 25.1 Å². The zero-order chi connectivity index (χ0) is 17.5. The van der Waals surface area contributed by atoms with Gasteiger partial charge in [-0.2, -0.15) is 0 Å². The van der Waals surface area contributed by atoms with Gasteiger partial charge in [0.05, 0.1) is 12.2 Å². The number of carbonyl (C=O) groups is 1. The zero-order valence-electron chi connectivity index (χ0n) is 14.3. The number of carbonyl (C=O) groups excluding carboxylic acids is 1. The molecule has 2 fully saturated rings. The first kappa shape index (κ1) is 15.3. The largest absolute Gasteiger partial charge is 0.360 e. The molecular weight excluding hydrogens is 330 g/mol. The molecule has 0 N–H and O–H groups in total. The molecule has 1 saturated carbocycles. The van der Waals surface area contributed by atoms with Crippen LogP contribution in [0.3, 0.4) is 0 Å². The first-order valence-corrected chi connectivity index (χ1v) is 9.01. The van der Waals surface area contributed by atoms with Crippen LogP contribution in [0.25, 0.3) is 11.3 Å². The second-order valence-electron chi connectivity index (χ2n) is 7.03. The number of amides is 1. The van der Waals surface area contributed by atoms with E-state index in [1.807, 2.05) is 46.1 Å². The fourth-order valence-corrected chi connectivity index (χ4v) is 3.45. The molecule has 1 aliphatic carbocycles. The van der Waals surface area contributed by atoms with E-state index in [2.05, 4.69) is 15.5 Å². The van der Waals surface area contributed by atoms with Crippen molar-refractivity contribution >= 4 is 5.91 Å². The lowest BCUT2D eigenvalue weighted by Gasteiger charge is -2.14. The molecule has 1 atom stereocenters. The maximum atomic E-state index is 12.7. The van der Waals surface area contributed by atoms with Gasteiger partial charge in [-0.1, -0.05) is 40.7 Å². The summed E-state index contributed by atoms with van der Waals surface area (Å²) in [6, 6.07) is 11.9. The van der Waals surface area contributed by atoms with E-state index in [0.717, 1.165) is 36.3 Å². The number of hydrogen-bond donors (Lipinski definition) is 0. The van der Waals surface area contributed by atoms with E-state index in [1.54, 1.807) is 6.07 Å². The average molecular weight is 349 g/mol. The van der Waals surface area contributed by atoms with Gasteiger partial charge in [-0.05, 0) is 19.3 Å². The van der Waals surface area contributed by atoms with Crippen LogP contribution >= 0.6 is 0 Å². The molecule has 1 saturated heterocycles. The summed E-state index contributed by atoms with van der Waals surface area (Å²) >= 11 is 0. The summed E-state index contributed by atoms with van der Waals surface area (Å²) < 4.78 is 7.18. The molecule has 5 rings (SSSR count).